The number of amides is 1. The minimum Gasteiger partial charge on any atom is -0.461 e. The average Bonchev–Trinajstić information content (AvgIpc) is 2.70. The zero-order chi connectivity index (χ0) is 14.4. The number of anilines is 1. The van der Waals surface area contributed by atoms with Gasteiger partial charge in [0.15, 0.2) is 0 Å². The van der Waals surface area contributed by atoms with E-state index in [1.807, 2.05) is 0 Å². The number of nitrogens with zero attached hydrogens (tertiary/aromatic N) is 1. The number of carbonyl (C=O) groups excluding carboxylic acids is 2. The van der Waals surface area contributed by atoms with E-state index in [-0.39, 0.29) is 24.9 Å². The normalized spacial score (nSPS) is 11.4. The van der Waals surface area contributed by atoms with Gasteiger partial charge in [-0.05, 0) is 13.0 Å². The zero-order valence-corrected chi connectivity index (χ0v) is 12.5. The number of esters is 1. The molecule has 0 saturated carbocycles. The lowest BCUT2D eigenvalue weighted by Gasteiger charge is -2.09. The second-order valence-electron chi connectivity index (χ2n) is 4.00. The van der Waals surface area contributed by atoms with Crippen molar-refractivity contribution >= 4 is 30.0 Å². The summed E-state index contributed by atoms with van der Waals surface area (Å²) in [5.41, 5.74) is 6.44. The largest absolute Gasteiger partial charge is 0.461 e. The molecule has 1 rings (SSSR count). The van der Waals surface area contributed by atoms with Crippen molar-refractivity contribution in [1.82, 2.24) is 4.57 Å². The van der Waals surface area contributed by atoms with Crippen molar-refractivity contribution in [2.75, 3.05) is 25.6 Å². The highest BCUT2D eigenvalue weighted by molar-refractivity contribution is 5.96. The Bertz CT molecular complexity index is 462. The molecule has 0 saturated heterocycles. The van der Waals surface area contributed by atoms with Gasteiger partial charge in [0.05, 0.1) is 18.9 Å². The number of methoxy groups -OCH3 is 1. The predicted octanol–water partition coefficient (Wildman–Crippen LogP) is 0.536. The van der Waals surface area contributed by atoms with Gasteiger partial charge in [-0.1, -0.05) is 0 Å². The van der Waals surface area contributed by atoms with E-state index in [0.29, 0.717) is 18.0 Å². The van der Waals surface area contributed by atoms with Gasteiger partial charge in [0.25, 0.3) is 0 Å². The standard InChI is InChI=1S/C12H19N3O4.ClH/c1-4-19-12(17)10-5-8(6-15(10)2)14-11(16)9(13)7-18-3;/h5-6,9H,4,7,13H2,1-3H3,(H,14,16);1H. The van der Waals surface area contributed by atoms with Gasteiger partial charge < -0.3 is 25.1 Å². The molecule has 3 N–H and O–H groups in total. The first-order chi connectivity index (χ1) is 8.99. The van der Waals surface area contributed by atoms with Crippen molar-refractivity contribution in [2.45, 2.75) is 13.0 Å². The van der Waals surface area contributed by atoms with E-state index in [2.05, 4.69) is 5.32 Å². The second-order valence-corrected chi connectivity index (χ2v) is 4.00. The molecule has 8 heteroatoms. The third-order valence-electron chi connectivity index (χ3n) is 2.44. The van der Waals surface area contributed by atoms with Crippen LogP contribution in [0, 0.1) is 0 Å². The van der Waals surface area contributed by atoms with E-state index in [0.717, 1.165) is 0 Å². The maximum absolute atomic E-state index is 11.7. The molecule has 0 bridgehead atoms. The maximum atomic E-state index is 11.7. The summed E-state index contributed by atoms with van der Waals surface area (Å²) in [6.07, 6.45) is 1.61. The summed E-state index contributed by atoms with van der Waals surface area (Å²) >= 11 is 0. The molecular formula is C12H20ClN3O4. The van der Waals surface area contributed by atoms with Gasteiger partial charge in [-0.2, -0.15) is 0 Å². The molecule has 0 spiro atoms. The molecule has 0 aromatic carbocycles. The van der Waals surface area contributed by atoms with Crippen molar-refractivity contribution < 1.29 is 19.1 Å². The Morgan fingerprint density at radius 1 is 1.50 bits per heavy atom. The first kappa shape index (κ1) is 18.4. The average molecular weight is 306 g/mol. The fourth-order valence-corrected chi connectivity index (χ4v) is 1.53. The Hall–Kier alpha value is -1.57. The number of aryl methyl sites for hydroxylation is 1. The summed E-state index contributed by atoms with van der Waals surface area (Å²) in [6, 6.07) is 0.784. The highest BCUT2D eigenvalue weighted by Gasteiger charge is 2.17. The Kier molecular flexibility index (Phi) is 7.90. The van der Waals surface area contributed by atoms with Gasteiger partial charge in [-0.15, -0.1) is 12.4 Å². The van der Waals surface area contributed by atoms with Gasteiger partial charge in [-0.25, -0.2) is 4.79 Å². The first-order valence-corrected chi connectivity index (χ1v) is 5.88. The van der Waals surface area contributed by atoms with Gasteiger partial charge >= 0.3 is 5.97 Å². The molecule has 7 nitrogen and oxygen atoms in total. The third kappa shape index (κ3) is 4.84. The minimum absolute atomic E-state index is 0. The van der Waals surface area contributed by atoms with Crippen LogP contribution in [-0.2, 0) is 21.3 Å². The van der Waals surface area contributed by atoms with E-state index in [1.54, 1.807) is 24.7 Å². The van der Waals surface area contributed by atoms with Crippen LogP contribution < -0.4 is 11.1 Å². The Morgan fingerprint density at radius 2 is 2.15 bits per heavy atom. The monoisotopic (exact) mass is 305 g/mol. The first-order valence-electron chi connectivity index (χ1n) is 5.88. The number of hydrogen-bond acceptors (Lipinski definition) is 5. The van der Waals surface area contributed by atoms with Crippen LogP contribution in [-0.4, -0.2) is 42.8 Å². The summed E-state index contributed by atoms with van der Waals surface area (Å²) in [4.78, 5) is 23.3. The smallest absolute Gasteiger partial charge is 0.355 e. The SMILES string of the molecule is CCOC(=O)c1cc(NC(=O)C(N)COC)cn1C.Cl. The molecule has 1 heterocycles. The van der Waals surface area contributed by atoms with Crippen LogP contribution in [0.3, 0.4) is 0 Å². The number of ether oxygens (including phenoxy) is 2. The van der Waals surface area contributed by atoms with Crippen molar-refractivity contribution in [3.63, 3.8) is 0 Å². The van der Waals surface area contributed by atoms with Gasteiger partial charge in [-0.3, -0.25) is 4.79 Å². The molecule has 0 aliphatic rings. The topological polar surface area (TPSA) is 95.6 Å². The lowest BCUT2D eigenvalue weighted by molar-refractivity contribution is -0.118. The maximum Gasteiger partial charge on any atom is 0.355 e. The highest BCUT2D eigenvalue weighted by atomic mass is 35.5. The minimum atomic E-state index is -0.753. The molecule has 1 aromatic rings. The number of rotatable bonds is 6. The molecule has 0 aliphatic heterocycles. The van der Waals surface area contributed by atoms with E-state index >= 15 is 0 Å². The second kappa shape index (κ2) is 8.57. The molecule has 0 aliphatic carbocycles. The van der Waals surface area contributed by atoms with Crippen LogP contribution in [0.1, 0.15) is 17.4 Å². The number of nitrogens with one attached hydrogen (secondary N) is 1. The summed E-state index contributed by atoms with van der Waals surface area (Å²) in [7, 11) is 3.16. The Balaban J connectivity index is 0.00000361. The number of halogens is 1. The number of hydrogen-bond donors (Lipinski definition) is 2. The van der Waals surface area contributed by atoms with E-state index in [4.69, 9.17) is 15.2 Å². The van der Waals surface area contributed by atoms with Crippen LogP contribution in [0.15, 0.2) is 12.3 Å². The lowest BCUT2D eigenvalue weighted by Crippen LogP contribution is -2.39. The third-order valence-corrected chi connectivity index (χ3v) is 2.44. The van der Waals surface area contributed by atoms with Gasteiger partial charge in [0.2, 0.25) is 5.91 Å². The van der Waals surface area contributed by atoms with Crippen LogP contribution in [0.25, 0.3) is 0 Å². The molecule has 20 heavy (non-hydrogen) atoms. The Labute approximate surface area is 123 Å². The summed E-state index contributed by atoms with van der Waals surface area (Å²) < 4.78 is 11.3. The summed E-state index contributed by atoms with van der Waals surface area (Å²) in [6.45, 7) is 2.15. The van der Waals surface area contributed by atoms with Gasteiger partial charge in [0.1, 0.15) is 11.7 Å². The highest BCUT2D eigenvalue weighted by Crippen LogP contribution is 2.14. The molecule has 0 fully saturated rings. The van der Waals surface area contributed by atoms with Gasteiger partial charge in [0, 0.05) is 20.4 Å². The van der Waals surface area contributed by atoms with Crippen molar-refractivity contribution in [3.8, 4) is 0 Å². The molecule has 114 valence electrons. The molecule has 1 atom stereocenters. The summed E-state index contributed by atoms with van der Waals surface area (Å²) in [5, 5.41) is 2.61. The van der Waals surface area contributed by atoms with E-state index in [9.17, 15) is 9.59 Å². The fraction of sp³-hybridized carbons (Fsp3) is 0.500. The van der Waals surface area contributed by atoms with Crippen LogP contribution >= 0.6 is 12.4 Å². The number of nitrogens with two attached hydrogens (primary N) is 1. The molecule has 1 amide bonds. The number of carbonyl (C=O) groups is 2. The fourth-order valence-electron chi connectivity index (χ4n) is 1.53. The van der Waals surface area contributed by atoms with Crippen molar-refractivity contribution in [1.29, 1.82) is 0 Å². The number of aromatic nitrogens is 1. The molecular weight excluding hydrogens is 286 g/mol. The zero-order valence-electron chi connectivity index (χ0n) is 11.7. The van der Waals surface area contributed by atoms with Crippen molar-refractivity contribution in [2.24, 2.45) is 12.8 Å². The van der Waals surface area contributed by atoms with E-state index < -0.39 is 12.0 Å². The molecule has 1 aromatic heterocycles. The van der Waals surface area contributed by atoms with Crippen LogP contribution in [0.4, 0.5) is 5.69 Å². The lowest BCUT2D eigenvalue weighted by atomic mass is 10.3. The summed E-state index contributed by atoms with van der Waals surface area (Å²) in [5.74, 6) is -0.811. The van der Waals surface area contributed by atoms with Crippen molar-refractivity contribution in [3.05, 3.63) is 18.0 Å². The van der Waals surface area contributed by atoms with Crippen LogP contribution in [0.2, 0.25) is 0 Å². The van der Waals surface area contributed by atoms with Crippen LogP contribution in [0.5, 0.6) is 0 Å². The van der Waals surface area contributed by atoms with E-state index in [1.165, 1.54) is 13.2 Å². The quantitative estimate of drug-likeness (QED) is 0.748. The predicted molar refractivity (Wildman–Crippen MR) is 77.1 cm³/mol. The molecule has 1 unspecified atom stereocenters. The Morgan fingerprint density at radius 3 is 2.70 bits per heavy atom. The molecule has 0 radical (unpaired) electrons.